The van der Waals surface area contributed by atoms with E-state index < -0.39 is 0 Å². The average molecular weight is 307 g/mol. The molecule has 1 unspecified atom stereocenters. The van der Waals surface area contributed by atoms with E-state index in [0.717, 1.165) is 36.5 Å². The number of aliphatic hydroxyl groups excluding tert-OH is 1. The largest absolute Gasteiger partial charge is 0.484 e. The van der Waals surface area contributed by atoms with Crippen LogP contribution in [0.25, 0.3) is 0 Å². The lowest BCUT2D eigenvalue weighted by Gasteiger charge is -2.22. The number of likely N-dealkylation sites (N-methyl/N-ethyl adjacent to an activating group) is 1. The Labute approximate surface area is 137 Å². The highest BCUT2D eigenvalue weighted by Crippen LogP contribution is 2.30. The summed E-state index contributed by atoms with van der Waals surface area (Å²) >= 11 is 0. The van der Waals surface area contributed by atoms with Crippen LogP contribution in [0.3, 0.4) is 0 Å². The third-order valence-corrected chi connectivity index (χ3v) is 4.10. The fourth-order valence-corrected chi connectivity index (χ4v) is 2.82. The number of fused-ring (bicyclic) bond motifs is 1. The topological polar surface area (TPSA) is 32.7 Å². The molecule has 0 spiro atoms. The van der Waals surface area contributed by atoms with Crippen molar-refractivity contribution in [3.8, 4) is 17.6 Å². The highest BCUT2D eigenvalue weighted by atomic mass is 16.5. The van der Waals surface area contributed by atoms with Gasteiger partial charge in [0.1, 0.15) is 18.5 Å². The summed E-state index contributed by atoms with van der Waals surface area (Å²) in [4.78, 5) is 2.40. The van der Waals surface area contributed by atoms with E-state index in [0.29, 0.717) is 0 Å². The van der Waals surface area contributed by atoms with Crippen LogP contribution in [0.2, 0.25) is 0 Å². The molecule has 118 valence electrons. The van der Waals surface area contributed by atoms with Gasteiger partial charge < -0.3 is 9.84 Å². The number of hydrogen-bond donors (Lipinski definition) is 1. The van der Waals surface area contributed by atoms with E-state index in [9.17, 15) is 0 Å². The molecule has 23 heavy (non-hydrogen) atoms. The van der Waals surface area contributed by atoms with Crippen LogP contribution in [0.4, 0.5) is 0 Å². The standard InChI is InChI=1S/C20H21NO2/c1-2-21-14-18-7-3-4-8-19(18)23-20(15-21)17-11-9-16(10-12-17)6-5-13-22/h3-4,7-12,20,22H,2,13-15H2,1H3. The summed E-state index contributed by atoms with van der Waals surface area (Å²) in [5, 5.41) is 8.77. The van der Waals surface area contributed by atoms with Gasteiger partial charge in [0.2, 0.25) is 0 Å². The lowest BCUT2D eigenvalue weighted by Crippen LogP contribution is -2.27. The molecule has 1 heterocycles. The van der Waals surface area contributed by atoms with Crippen LogP contribution < -0.4 is 4.74 Å². The summed E-state index contributed by atoms with van der Waals surface area (Å²) in [6, 6.07) is 16.3. The molecule has 2 aromatic carbocycles. The van der Waals surface area contributed by atoms with E-state index in [-0.39, 0.29) is 12.7 Å². The molecule has 2 aromatic rings. The quantitative estimate of drug-likeness (QED) is 0.866. The summed E-state index contributed by atoms with van der Waals surface area (Å²) < 4.78 is 6.28. The van der Waals surface area contributed by atoms with Crippen molar-refractivity contribution >= 4 is 0 Å². The van der Waals surface area contributed by atoms with E-state index >= 15 is 0 Å². The van der Waals surface area contributed by atoms with Gasteiger partial charge in [-0.1, -0.05) is 49.1 Å². The Morgan fingerprint density at radius 2 is 1.96 bits per heavy atom. The Bertz CT molecular complexity index is 712. The first kappa shape index (κ1) is 15.6. The molecule has 0 saturated carbocycles. The minimum Gasteiger partial charge on any atom is -0.484 e. The summed E-state index contributed by atoms with van der Waals surface area (Å²) in [7, 11) is 0. The zero-order valence-corrected chi connectivity index (χ0v) is 13.3. The SMILES string of the molecule is CCN1Cc2ccccc2OC(c2ccc(C#CCO)cc2)C1. The maximum Gasteiger partial charge on any atom is 0.136 e. The Kier molecular flexibility index (Phi) is 4.97. The fourth-order valence-electron chi connectivity index (χ4n) is 2.82. The smallest absolute Gasteiger partial charge is 0.136 e. The predicted molar refractivity (Wildman–Crippen MR) is 91.2 cm³/mol. The molecule has 0 radical (unpaired) electrons. The van der Waals surface area contributed by atoms with Gasteiger partial charge in [-0.25, -0.2) is 0 Å². The number of aliphatic hydroxyl groups is 1. The molecule has 0 aliphatic carbocycles. The third-order valence-electron chi connectivity index (χ3n) is 4.10. The van der Waals surface area contributed by atoms with E-state index in [1.807, 2.05) is 24.3 Å². The number of benzene rings is 2. The molecular weight excluding hydrogens is 286 g/mol. The molecule has 1 N–H and O–H groups in total. The zero-order chi connectivity index (χ0) is 16.1. The number of hydrogen-bond acceptors (Lipinski definition) is 3. The van der Waals surface area contributed by atoms with Crippen LogP contribution in [0, 0.1) is 11.8 Å². The Balaban J connectivity index is 1.86. The number of rotatable bonds is 2. The van der Waals surface area contributed by atoms with Crippen LogP contribution in [-0.2, 0) is 6.54 Å². The van der Waals surface area contributed by atoms with E-state index in [4.69, 9.17) is 9.84 Å². The molecule has 0 aromatic heterocycles. The van der Waals surface area contributed by atoms with Crippen LogP contribution in [0.15, 0.2) is 48.5 Å². The second-order valence-electron chi connectivity index (χ2n) is 5.62. The van der Waals surface area contributed by atoms with E-state index in [1.165, 1.54) is 5.56 Å². The molecule has 0 fully saturated rings. The highest BCUT2D eigenvalue weighted by Gasteiger charge is 2.23. The first-order chi connectivity index (χ1) is 11.3. The van der Waals surface area contributed by atoms with Gasteiger partial charge in [0.05, 0.1) is 0 Å². The molecule has 1 aliphatic heterocycles. The van der Waals surface area contributed by atoms with Gasteiger partial charge in [-0.05, 0) is 30.3 Å². The lowest BCUT2D eigenvalue weighted by molar-refractivity contribution is 0.152. The fraction of sp³-hybridized carbons (Fsp3) is 0.300. The molecule has 3 rings (SSSR count). The molecule has 0 amide bonds. The van der Waals surface area contributed by atoms with Crippen molar-refractivity contribution in [1.29, 1.82) is 0 Å². The van der Waals surface area contributed by atoms with Crippen molar-refractivity contribution in [2.75, 3.05) is 19.7 Å². The first-order valence-electron chi connectivity index (χ1n) is 7.96. The van der Waals surface area contributed by atoms with Gasteiger partial charge in [0, 0.05) is 24.2 Å². The molecule has 1 atom stereocenters. The van der Waals surface area contributed by atoms with Gasteiger partial charge in [0.25, 0.3) is 0 Å². The molecule has 0 saturated heterocycles. The van der Waals surface area contributed by atoms with Gasteiger partial charge >= 0.3 is 0 Å². The predicted octanol–water partition coefficient (Wildman–Crippen LogP) is 2.99. The van der Waals surface area contributed by atoms with Crippen molar-refractivity contribution in [1.82, 2.24) is 4.90 Å². The van der Waals surface area contributed by atoms with Crippen molar-refractivity contribution in [2.24, 2.45) is 0 Å². The molecule has 3 nitrogen and oxygen atoms in total. The monoisotopic (exact) mass is 307 g/mol. The van der Waals surface area contributed by atoms with Crippen LogP contribution in [-0.4, -0.2) is 29.7 Å². The Hall–Kier alpha value is -2.28. The minimum atomic E-state index is -0.115. The van der Waals surface area contributed by atoms with Gasteiger partial charge in [-0.2, -0.15) is 0 Å². The third kappa shape index (κ3) is 3.73. The lowest BCUT2D eigenvalue weighted by atomic mass is 10.1. The Morgan fingerprint density at radius 3 is 2.70 bits per heavy atom. The maximum atomic E-state index is 8.77. The number of nitrogens with zero attached hydrogens (tertiary/aromatic N) is 1. The molecule has 0 bridgehead atoms. The van der Waals surface area contributed by atoms with E-state index in [2.05, 4.69) is 47.9 Å². The van der Waals surface area contributed by atoms with Crippen LogP contribution in [0.1, 0.15) is 29.7 Å². The normalized spacial score (nSPS) is 17.4. The Morgan fingerprint density at radius 1 is 1.17 bits per heavy atom. The van der Waals surface area contributed by atoms with Crippen molar-refractivity contribution in [3.05, 3.63) is 65.2 Å². The second-order valence-corrected chi connectivity index (χ2v) is 5.62. The summed E-state index contributed by atoms with van der Waals surface area (Å²) in [5.41, 5.74) is 3.29. The van der Waals surface area contributed by atoms with Crippen LogP contribution >= 0.6 is 0 Å². The molecular formula is C20H21NO2. The van der Waals surface area contributed by atoms with E-state index in [1.54, 1.807) is 0 Å². The van der Waals surface area contributed by atoms with Crippen LogP contribution in [0.5, 0.6) is 5.75 Å². The van der Waals surface area contributed by atoms with Crippen molar-refractivity contribution in [2.45, 2.75) is 19.6 Å². The zero-order valence-electron chi connectivity index (χ0n) is 13.3. The van der Waals surface area contributed by atoms with Gasteiger partial charge in [0.15, 0.2) is 0 Å². The highest BCUT2D eigenvalue weighted by molar-refractivity contribution is 5.39. The van der Waals surface area contributed by atoms with Gasteiger partial charge in [-0.15, -0.1) is 0 Å². The summed E-state index contributed by atoms with van der Waals surface area (Å²) in [6.45, 7) is 4.85. The van der Waals surface area contributed by atoms with Crippen molar-refractivity contribution < 1.29 is 9.84 Å². The van der Waals surface area contributed by atoms with Gasteiger partial charge in [-0.3, -0.25) is 4.90 Å². The maximum absolute atomic E-state index is 8.77. The molecule has 3 heteroatoms. The summed E-state index contributed by atoms with van der Waals surface area (Å²) in [5.74, 6) is 6.56. The number of para-hydroxylation sites is 1. The second kappa shape index (κ2) is 7.32. The molecule has 1 aliphatic rings. The summed E-state index contributed by atoms with van der Waals surface area (Å²) in [6.07, 6.45) is 0.0125. The number of ether oxygens (including phenoxy) is 1. The average Bonchev–Trinajstić information content (AvgIpc) is 2.79. The van der Waals surface area contributed by atoms with Crippen molar-refractivity contribution in [3.63, 3.8) is 0 Å². The first-order valence-corrected chi connectivity index (χ1v) is 7.96. The minimum absolute atomic E-state index is 0.0125.